The standard InChI is InChI=1S/C14H17NO3/c1-3-15(13(16)8-9-14(17)18)10-12-7-5-4-6-11(12)2/h4-9H,3,10H2,1-2H3,(H,17,18)/b9-8+. The van der Waals surface area contributed by atoms with E-state index >= 15 is 0 Å². The van der Waals surface area contributed by atoms with Gasteiger partial charge in [0.1, 0.15) is 0 Å². The number of aryl methyl sites for hydroxylation is 1. The van der Waals surface area contributed by atoms with Crippen LogP contribution in [0.2, 0.25) is 0 Å². The number of aliphatic carboxylic acids is 1. The first-order valence-electron chi connectivity index (χ1n) is 5.79. The zero-order valence-corrected chi connectivity index (χ0v) is 10.6. The van der Waals surface area contributed by atoms with Crippen LogP contribution in [0.3, 0.4) is 0 Å². The summed E-state index contributed by atoms with van der Waals surface area (Å²) < 4.78 is 0. The van der Waals surface area contributed by atoms with Gasteiger partial charge in [-0.1, -0.05) is 24.3 Å². The van der Waals surface area contributed by atoms with Gasteiger partial charge in [0.05, 0.1) is 0 Å². The third-order valence-corrected chi connectivity index (χ3v) is 2.68. The molecule has 1 aromatic rings. The molecule has 1 N–H and O–H groups in total. The van der Waals surface area contributed by atoms with E-state index in [4.69, 9.17) is 5.11 Å². The van der Waals surface area contributed by atoms with Gasteiger partial charge >= 0.3 is 5.97 Å². The molecule has 4 heteroatoms. The molecule has 1 amide bonds. The Labute approximate surface area is 107 Å². The van der Waals surface area contributed by atoms with Crippen molar-refractivity contribution in [2.45, 2.75) is 20.4 Å². The van der Waals surface area contributed by atoms with Crippen molar-refractivity contribution in [2.75, 3.05) is 6.54 Å². The van der Waals surface area contributed by atoms with E-state index in [1.165, 1.54) is 0 Å². The number of carbonyl (C=O) groups excluding carboxylic acids is 1. The average Bonchev–Trinajstić information content (AvgIpc) is 2.35. The number of amides is 1. The lowest BCUT2D eigenvalue weighted by molar-refractivity contribution is -0.132. The summed E-state index contributed by atoms with van der Waals surface area (Å²) in [4.78, 5) is 23.7. The van der Waals surface area contributed by atoms with Crippen LogP contribution in [0.4, 0.5) is 0 Å². The van der Waals surface area contributed by atoms with Crippen molar-refractivity contribution in [1.82, 2.24) is 4.90 Å². The molecule has 0 saturated heterocycles. The van der Waals surface area contributed by atoms with Crippen molar-refractivity contribution in [3.8, 4) is 0 Å². The van der Waals surface area contributed by atoms with Crippen LogP contribution in [-0.2, 0) is 16.1 Å². The molecule has 0 aliphatic heterocycles. The third kappa shape index (κ3) is 4.05. The van der Waals surface area contributed by atoms with Gasteiger partial charge in [0.15, 0.2) is 0 Å². The highest BCUT2D eigenvalue weighted by Gasteiger charge is 2.10. The Hall–Kier alpha value is -2.10. The maximum absolute atomic E-state index is 11.8. The Morgan fingerprint density at radius 2 is 1.94 bits per heavy atom. The second kappa shape index (κ2) is 6.59. The molecule has 0 fully saturated rings. The fraction of sp³-hybridized carbons (Fsp3) is 0.286. The smallest absolute Gasteiger partial charge is 0.328 e. The zero-order valence-electron chi connectivity index (χ0n) is 10.6. The number of benzene rings is 1. The van der Waals surface area contributed by atoms with Crippen molar-refractivity contribution in [1.29, 1.82) is 0 Å². The highest BCUT2D eigenvalue weighted by atomic mass is 16.4. The van der Waals surface area contributed by atoms with Crippen molar-refractivity contribution in [3.05, 3.63) is 47.5 Å². The van der Waals surface area contributed by atoms with Crippen LogP contribution in [0.25, 0.3) is 0 Å². The molecule has 0 unspecified atom stereocenters. The van der Waals surface area contributed by atoms with E-state index in [-0.39, 0.29) is 5.91 Å². The minimum Gasteiger partial charge on any atom is -0.478 e. The Morgan fingerprint density at radius 1 is 1.28 bits per heavy atom. The molecule has 0 spiro atoms. The van der Waals surface area contributed by atoms with Gasteiger partial charge in [0, 0.05) is 25.2 Å². The van der Waals surface area contributed by atoms with E-state index in [0.29, 0.717) is 13.1 Å². The monoisotopic (exact) mass is 247 g/mol. The quantitative estimate of drug-likeness (QED) is 0.809. The van der Waals surface area contributed by atoms with Gasteiger partial charge in [0.2, 0.25) is 5.91 Å². The van der Waals surface area contributed by atoms with Crippen LogP contribution in [0.15, 0.2) is 36.4 Å². The zero-order chi connectivity index (χ0) is 13.5. The summed E-state index contributed by atoms with van der Waals surface area (Å²) in [7, 11) is 0. The third-order valence-electron chi connectivity index (χ3n) is 2.68. The summed E-state index contributed by atoms with van der Waals surface area (Å²) in [5.74, 6) is -1.40. The molecular weight excluding hydrogens is 230 g/mol. The summed E-state index contributed by atoms with van der Waals surface area (Å²) in [6.07, 6.45) is 1.95. The lowest BCUT2D eigenvalue weighted by atomic mass is 10.1. The molecule has 0 atom stereocenters. The van der Waals surface area contributed by atoms with Crippen LogP contribution in [0.1, 0.15) is 18.1 Å². The van der Waals surface area contributed by atoms with E-state index < -0.39 is 5.97 Å². The topological polar surface area (TPSA) is 57.6 Å². The molecule has 0 saturated carbocycles. The van der Waals surface area contributed by atoms with E-state index in [0.717, 1.165) is 23.3 Å². The molecule has 0 aliphatic rings. The number of carboxylic acids is 1. The van der Waals surface area contributed by atoms with Crippen LogP contribution < -0.4 is 0 Å². The first kappa shape index (κ1) is 14.0. The molecule has 1 aromatic carbocycles. The van der Waals surface area contributed by atoms with E-state index in [2.05, 4.69) is 0 Å². The number of rotatable bonds is 5. The number of carboxylic acid groups (broad SMARTS) is 1. The SMILES string of the molecule is CCN(Cc1ccccc1C)C(=O)/C=C/C(=O)O. The van der Waals surface area contributed by atoms with Gasteiger partial charge in [-0.15, -0.1) is 0 Å². The fourth-order valence-corrected chi connectivity index (χ4v) is 1.59. The summed E-state index contributed by atoms with van der Waals surface area (Å²) in [5, 5.41) is 8.49. The largest absolute Gasteiger partial charge is 0.478 e. The minimum absolute atomic E-state index is 0.289. The maximum atomic E-state index is 11.8. The number of nitrogens with zero attached hydrogens (tertiary/aromatic N) is 1. The molecule has 96 valence electrons. The lowest BCUT2D eigenvalue weighted by Crippen LogP contribution is -2.29. The molecule has 0 bridgehead atoms. The van der Waals surface area contributed by atoms with Gasteiger partial charge in [-0.3, -0.25) is 4.79 Å². The second-order valence-electron chi connectivity index (χ2n) is 3.95. The van der Waals surface area contributed by atoms with Crippen molar-refractivity contribution >= 4 is 11.9 Å². The van der Waals surface area contributed by atoms with Gasteiger partial charge in [-0.25, -0.2) is 4.79 Å². The van der Waals surface area contributed by atoms with Crippen LogP contribution in [0, 0.1) is 6.92 Å². The summed E-state index contributed by atoms with van der Waals surface area (Å²) in [6.45, 7) is 4.88. The fourth-order valence-electron chi connectivity index (χ4n) is 1.59. The van der Waals surface area contributed by atoms with Gasteiger partial charge in [0.25, 0.3) is 0 Å². The van der Waals surface area contributed by atoms with Crippen molar-refractivity contribution in [2.24, 2.45) is 0 Å². The summed E-state index contributed by atoms with van der Waals surface area (Å²) >= 11 is 0. The summed E-state index contributed by atoms with van der Waals surface area (Å²) in [5.41, 5.74) is 2.18. The predicted molar refractivity (Wildman–Crippen MR) is 69.0 cm³/mol. The second-order valence-corrected chi connectivity index (χ2v) is 3.95. The molecule has 1 rings (SSSR count). The molecule has 0 heterocycles. The highest BCUT2D eigenvalue weighted by Crippen LogP contribution is 2.10. The average molecular weight is 247 g/mol. The Kier molecular flexibility index (Phi) is 5.11. The van der Waals surface area contributed by atoms with Crippen LogP contribution in [-0.4, -0.2) is 28.4 Å². The minimum atomic E-state index is -1.12. The number of hydrogen-bond acceptors (Lipinski definition) is 2. The van der Waals surface area contributed by atoms with Crippen molar-refractivity contribution in [3.63, 3.8) is 0 Å². The Bertz CT molecular complexity index is 466. The normalized spacial score (nSPS) is 10.6. The molecule has 4 nitrogen and oxygen atoms in total. The maximum Gasteiger partial charge on any atom is 0.328 e. The van der Waals surface area contributed by atoms with E-state index in [1.807, 2.05) is 38.1 Å². The number of carbonyl (C=O) groups is 2. The number of hydrogen-bond donors (Lipinski definition) is 1. The summed E-state index contributed by atoms with van der Waals surface area (Å²) in [6, 6.07) is 7.82. The van der Waals surface area contributed by atoms with Crippen LogP contribution >= 0.6 is 0 Å². The van der Waals surface area contributed by atoms with Gasteiger partial charge in [-0.2, -0.15) is 0 Å². The van der Waals surface area contributed by atoms with Crippen LogP contribution in [0.5, 0.6) is 0 Å². The molecule has 18 heavy (non-hydrogen) atoms. The highest BCUT2D eigenvalue weighted by molar-refractivity contribution is 5.93. The molecule has 0 aliphatic carbocycles. The molecule has 0 radical (unpaired) electrons. The van der Waals surface area contributed by atoms with Gasteiger partial charge in [-0.05, 0) is 25.0 Å². The van der Waals surface area contributed by atoms with E-state index in [9.17, 15) is 9.59 Å². The lowest BCUT2D eigenvalue weighted by Gasteiger charge is -2.20. The molecular formula is C14H17NO3. The first-order chi connectivity index (χ1) is 8.54. The van der Waals surface area contributed by atoms with Gasteiger partial charge < -0.3 is 10.0 Å². The first-order valence-corrected chi connectivity index (χ1v) is 5.79. The van der Waals surface area contributed by atoms with E-state index in [1.54, 1.807) is 4.90 Å². The predicted octanol–water partition coefficient (Wildman–Crippen LogP) is 1.98. The Balaban J connectivity index is 2.76. The molecule has 0 aromatic heterocycles. The Morgan fingerprint density at radius 3 is 2.50 bits per heavy atom. The number of likely N-dealkylation sites (N-methyl/N-ethyl adjacent to an activating group) is 1. The van der Waals surface area contributed by atoms with Crippen molar-refractivity contribution < 1.29 is 14.7 Å².